The Hall–Kier alpha value is -1.52. The third-order valence-electron chi connectivity index (χ3n) is 10.0. The monoisotopic (exact) mass is 440 g/mol. The number of benzene rings is 1. The molecule has 1 aromatic rings. The largest absolute Gasteiger partial charge is 0.365 e. The zero-order chi connectivity index (χ0) is 22.7. The molecule has 0 heterocycles. The predicted octanol–water partition coefficient (Wildman–Crippen LogP) is 6.20. The van der Waals surface area contributed by atoms with Crippen LogP contribution in [0, 0.1) is 40.3 Å². The number of allylic oxidation sites excluding steroid dienone is 1. The molecular formula is C28H37FO3. The van der Waals surface area contributed by atoms with Crippen molar-refractivity contribution < 1.29 is 19.0 Å². The van der Waals surface area contributed by atoms with E-state index < -0.39 is 5.79 Å². The molecule has 1 aromatic carbocycles. The van der Waals surface area contributed by atoms with Gasteiger partial charge in [0.1, 0.15) is 11.6 Å². The molecule has 0 aromatic heterocycles. The van der Waals surface area contributed by atoms with Crippen LogP contribution in [0.5, 0.6) is 0 Å². The zero-order valence-corrected chi connectivity index (χ0v) is 19.7. The number of ketones is 1. The van der Waals surface area contributed by atoms with Crippen molar-refractivity contribution in [3.63, 3.8) is 0 Å². The molecule has 3 nitrogen and oxygen atoms in total. The Kier molecular flexibility index (Phi) is 5.41. The second kappa shape index (κ2) is 7.77. The first-order valence-electron chi connectivity index (χ1n) is 12.5. The average Bonchev–Trinajstić information content (AvgIpc) is 3.12. The van der Waals surface area contributed by atoms with E-state index in [9.17, 15) is 14.3 Å². The number of hydrogen-bond donors (Lipinski definition) is 1. The highest BCUT2D eigenvalue weighted by atomic mass is 19.1. The van der Waals surface area contributed by atoms with E-state index in [0.717, 1.165) is 31.2 Å². The molecule has 1 unspecified atom stereocenters. The minimum Gasteiger partial charge on any atom is -0.365 e. The Labute approximate surface area is 191 Å². The summed E-state index contributed by atoms with van der Waals surface area (Å²) in [6.45, 7) is 6.88. The van der Waals surface area contributed by atoms with Crippen molar-refractivity contribution in [3.05, 3.63) is 47.3 Å². The van der Waals surface area contributed by atoms with E-state index >= 15 is 0 Å². The average molecular weight is 441 g/mol. The lowest BCUT2D eigenvalue weighted by molar-refractivity contribution is -0.231. The van der Waals surface area contributed by atoms with Gasteiger partial charge in [0.15, 0.2) is 5.79 Å². The molecule has 0 aliphatic heterocycles. The number of fused-ring (bicyclic) bond motifs is 5. The number of rotatable bonds is 4. The SMILES string of the molecule is CC(=O)[C@H]1CC[C@H]2[C@@H]3CC=C4CC(O)(OCc5ccc(F)cc5)CC[C@]4(C)[C@H]3CC[C@]12C. The molecule has 0 spiro atoms. The number of carbonyl (C=O) groups is 1. The molecule has 4 heteroatoms. The van der Waals surface area contributed by atoms with Crippen LogP contribution in [0.15, 0.2) is 35.9 Å². The predicted molar refractivity (Wildman–Crippen MR) is 122 cm³/mol. The fraction of sp³-hybridized carbons (Fsp3) is 0.679. The summed E-state index contributed by atoms with van der Waals surface area (Å²) in [5, 5.41) is 11.2. The molecule has 32 heavy (non-hydrogen) atoms. The highest BCUT2D eigenvalue weighted by Crippen LogP contribution is 2.66. The maximum absolute atomic E-state index is 13.2. The zero-order valence-electron chi connectivity index (χ0n) is 19.7. The van der Waals surface area contributed by atoms with E-state index in [1.165, 1.54) is 30.5 Å². The molecular weight excluding hydrogens is 403 g/mol. The lowest BCUT2D eigenvalue weighted by atomic mass is 9.47. The number of halogens is 1. The second-order valence-electron chi connectivity index (χ2n) is 11.6. The smallest absolute Gasteiger partial charge is 0.169 e. The van der Waals surface area contributed by atoms with Crippen LogP contribution in [0.25, 0.3) is 0 Å². The van der Waals surface area contributed by atoms with Crippen molar-refractivity contribution in [2.75, 3.05) is 0 Å². The fourth-order valence-corrected chi connectivity index (χ4v) is 8.21. The van der Waals surface area contributed by atoms with E-state index in [4.69, 9.17) is 4.74 Å². The molecule has 1 N–H and O–H groups in total. The molecule has 4 aliphatic carbocycles. The number of ether oxygens (including phenoxy) is 1. The van der Waals surface area contributed by atoms with Crippen molar-refractivity contribution in [1.29, 1.82) is 0 Å². The summed E-state index contributed by atoms with van der Waals surface area (Å²) in [4.78, 5) is 12.3. The molecule has 0 radical (unpaired) electrons. The van der Waals surface area contributed by atoms with E-state index in [0.29, 0.717) is 43.0 Å². The van der Waals surface area contributed by atoms with Gasteiger partial charge in [-0.15, -0.1) is 0 Å². The number of hydrogen-bond acceptors (Lipinski definition) is 3. The van der Waals surface area contributed by atoms with Gasteiger partial charge in [-0.1, -0.05) is 37.6 Å². The summed E-state index contributed by atoms with van der Waals surface area (Å²) in [7, 11) is 0. The number of Topliss-reactive ketones (excluding diaryl/α,β-unsaturated/α-hetero) is 1. The van der Waals surface area contributed by atoms with Gasteiger partial charge in [0.2, 0.25) is 0 Å². The summed E-state index contributed by atoms with van der Waals surface area (Å²) in [6, 6.07) is 6.29. The van der Waals surface area contributed by atoms with Crippen LogP contribution in [0.2, 0.25) is 0 Å². The van der Waals surface area contributed by atoms with Crippen LogP contribution in [-0.2, 0) is 16.1 Å². The first kappa shape index (κ1) is 22.3. The first-order chi connectivity index (χ1) is 15.1. The fourth-order valence-electron chi connectivity index (χ4n) is 8.21. The quantitative estimate of drug-likeness (QED) is 0.448. The van der Waals surface area contributed by atoms with Crippen molar-refractivity contribution in [2.24, 2.45) is 34.5 Å². The van der Waals surface area contributed by atoms with Crippen LogP contribution in [-0.4, -0.2) is 16.7 Å². The molecule has 0 bridgehead atoms. The minimum atomic E-state index is -1.15. The van der Waals surface area contributed by atoms with Gasteiger partial charge in [0.05, 0.1) is 6.61 Å². The van der Waals surface area contributed by atoms with Crippen LogP contribution in [0.3, 0.4) is 0 Å². The van der Waals surface area contributed by atoms with Crippen LogP contribution in [0.1, 0.15) is 77.7 Å². The van der Waals surface area contributed by atoms with Gasteiger partial charge in [-0.25, -0.2) is 4.39 Å². The lowest BCUT2D eigenvalue weighted by Gasteiger charge is -2.58. The molecule has 5 rings (SSSR count). The minimum absolute atomic E-state index is 0.115. The highest BCUT2D eigenvalue weighted by molar-refractivity contribution is 5.79. The van der Waals surface area contributed by atoms with Gasteiger partial charge >= 0.3 is 0 Å². The third-order valence-corrected chi connectivity index (χ3v) is 10.0. The molecule has 0 amide bonds. The standard InChI is InChI=1S/C28H37FO3/c1-18(30)23-10-11-24-22-9-6-20-16-28(31,32-17-19-4-7-21(29)8-5-19)15-14-26(20,2)25(22)12-13-27(23,24)3/h4-8,22-25,31H,9-17H2,1-3H3/t22-,23+,24-,25-,26-,27+,28?/m0/s1. The Bertz CT molecular complexity index is 923. The number of aliphatic hydroxyl groups is 1. The van der Waals surface area contributed by atoms with Gasteiger partial charge in [-0.3, -0.25) is 4.79 Å². The second-order valence-corrected chi connectivity index (χ2v) is 11.6. The molecule has 3 saturated carbocycles. The summed E-state index contributed by atoms with van der Waals surface area (Å²) in [5.74, 6) is 1.13. The Morgan fingerprint density at radius 2 is 1.84 bits per heavy atom. The molecule has 0 saturated heterocycles. The van der Waals surface area contributed by atoms with E-state index in [2.05, 4.69) is 19.9 Å². The maximum atomic E-state index is 13.2. The van der Waals surface area contributed by atoms with E-state index in [1.807, 2.05) is 0 Å². The van der Waals surface area contributed by atoms with Crippen LogP contribution in [0.4, 0.5) is 4.39 Å². The Balaban J connectivity index is 1.32. The van der Waals surface area contributed by atoms with Gasteiger partial charge in [0.25, 0.3) is 0 Å². The van der Waals surface area contributed by atoms with Gasteiger partial charge in [-0.05, 0) is 91.7 Å². The molecule has 4 aliphatic rings. The topological polar surface area (TPSA) is 46.5 Å². The van der Waals surface area contributed by atoms with Crippen molar-refractivity contribution in [1.82, 2.24) is 0 Å². The van der Waals surface area contributed by atoms with Crippen molar-refractivity contribution >= 4 is 5.78 Å². The van der Waals surface area contributed by atoms with Crippen LogP contribution < -0.4 is 0 Å². The normalized spacial score (nSPS) is 43.1. The molecule has 7 atom stereocenters. The van der Waals surface area contributed by atoms with E-state index in [-0.39, 0.29) is 22.6 Å². The van der Waals surface area contributed by atoms with Gasteiger partial charge in [-0.2, -0.15) is 0 Å². The lowest BCUT2D eigenvalue weighted by Crippen LogP contribution is -2.52. The molecule has 3 fully saturated rings. The summed E-state index contributed by atoms with van der Waals surface area (Å²) in [6.07, 6.45) is 10.2. The van der Waals surface area contributed by atoms with Crippen LogP contribution >= 0.6 is 0 Å². The highest BCUT2D eigenvalue weighted by Gasteiger charge is 2.60. The number of carbonyl (C=O) groups excluding carboxylic acids is 1. The Morgan fingerprint density at radius 3 is 2.56 bits per heavy atom. The van der Waals surface area contributed by atoms with Gasteiger partial charge in [0, 0.05) is 18.8 Å². The van der Waals surface area contributed by atoms with Gasteiger partial charge < -0.3 is 9.84 Å². The summed E-state index contributed by atoms with van der Waals surface area (Å²) >= 11 is 0. The maximum Gasteiger partial charge on any atom is 0.169 e. The van der Waals surface area contributed by atoms with E-state index in [1.54, 1.807) is 19.1 Å². The summed E-state index contributed by atoms with van der Waals surface area (Å²) in [5.41, 5.74) is 2.52. The third kappa shape index (κ3) is 3.49. The van der Waals surface area contributed by atoms with Crippen molar-refractivity contribution in [2.45, 2.75) is 84.5 Å². The first-order valence-corrected chi connectivity index (χ1v) is 12.5. The molecule has 174 valence electrons. The Morgan fingerprint density at radius 1 is 1.09 bits per heavy atom. The van der Waals surface area contributed by atoms with Crippen molar-refractivity contribution in [3.8, 4) is 0 Å². The summed E-state index contributed by atoms with van der Waals surface area (Å²) < 4.78 is 19.2.